The number of nitrogens with one attached hydrogen (secondary N) is 2. The highest BCUT2D eigenvalue weighted by Crippen LogP contribution is 2.25. The molecule has 0 aliphatic rings. The van der Waals surface area contributed by atoms with E-state index in [1.807, 2.05) is 0 Å². The van der Waals surface area contributed by atoms with E-state index in [0.29, 0.717) is 35.3 Å². The van der Waals surface area contributed by atoms with Gasteiger partial charge in [0.2, 0.25) is 0 Å². The maximum Gasteiger partial charge on any atom is 0.270 e. The number of nitrogens with zero attached hydrogens (tertiary/aromatic N) is 2. The molecule has 8 nitrogen and oxygen atoms in total. The number of rotatable bonds is 7. The Morgan fingerprint density at radius 3 is 3.04 bits per heavy atom. The van der Waals surface area contributed by atoms with Crippen LogP contribution in [-0.2, 0) is 4.74 Å². The molecule has 2 aromatic rings. The van der Waals surface area contributed by atoms with Gasteiger partial charge in [0.1, 0.15) is 11.5 Å². The van der Waals surface area contributed by atoms with Gasteiger partial charge in [0.25, 0.3) is 5.69 Å². The van der Waals surface area contributed by atoms with Gasteiger partial charge in [0, 0.05) is 31.4 Å². The van der Waals surface area contributed by atoms with E-state index in [0.717, 1.165) is 0 Å². The summed E-state index contributed by atoms with van der Waals surface area (Å²) < 4.78 is 10.5. The summed E-state index contributed by atoms with van der Waals surface area (Å²) in [5.41, 5.74) is 3.27. The average Bonchev–Trinajstić information content (AvgIpc) is 3.04. The van der Waals surface area contributed by atoms with Gasteiger partial charge in [-0.3, -0.25) is 15.5 Å². The molecule has 0 aliphatic heterocycles. The summed E-state index contributed by atoms with van der Waals surface area (Å²) in [4.78, 5) is 10.4. The molecular weight excluding hydrogens is 332 g/mol. The normalized spacial score (nSPS) is 10.7. The first kappa shape index (κ1) is 17.6. The Labute approximate surface area is 143 Å². The van der Waals surface area contributed by atoms with Crippen molar-refractivity contribution in [3.8, 4) is 11.3 Å². The molecule has 0 amide bonds. The third-order valence-corrected chi connectivity index (χ3v) is 3.15. The lowest BCUT2D eigenvalue weighted by molar-refractivity contribution is -0.384. The number of non-ortho nitro benzene ring substituents is 1. The molecule has 1 aromatic carbocycles. The number of nitro groups is 1. The molecule has 1 heterocycles. The molecule has 9 heteroatoms. The standard InChI is InChI=1S/C15H16N4O4S/c1-22-8-7-16-15(24)18-17-10-13-5-6-14(23-13)11-3-2-4-12(9-11)19(20)21/h2-6,9-10H,7-8H2,1H3,(H2,16,18,24)/b17-10-. The maximum absolute atomic E-state index is 10.8. The van der Waals surface area contributed by atoms with Crippen molar-refractivity contribution in [2.45, 2.75) is 0 Å². The third kappa shape index (κ3) is 5.14. The second-order valence-corrected chi connectivity index (χ2v) is 5.04. The van der Waals surface area contributed by atoms with Crippen molar-refractivity contribution < 1.29 is 14.1 Å². The van der Waals surface area contributed by atoms with Crippen LogP contribution in [0.2, 0.25) is 0 Å². The van der Waals surface area contributed by atoms with E-state index in [2.05, 4.69) is 15.8 Å². The van der Waals surface area contributed by atoms with E-state index in [1.54, 1.807) is 31.4 Å². The molecule has 24 heavy (non-hydrogen) atoms. The fourth-order valence-electron chi connectivity index (χ4n) is 1.81. The maximum atomic E-state index is 10.8. The van der Waals surface area contributed by atoms with Crippen LogP contribution in [0.3, 0.4) is 0 Å². The quantitative estimate of drug-likeness (QED) is 0.260. The molecule has 0 saturated carbocycles. The van der Waals surface area contributed by atoms with Gasteiger partial charge in [0.15, 0.2) is 5.11 Å². The van der Waals surface area contributed by atoms with Crippen LogP contribution in [0.4, 0.5) is 5.69 Å². The highest BCUT2D eigenvalue weighted by Gasteiger charge is 2.09. The number of hydrogen-bond acceptors (Lipinski definition) is 6. The monoisotopic (exact) mass is 348 g/mol. The van der Waals surface area contributed by atoms with Crippen LogP contribution in [0.25, 0.3) is 11.3 Å². The largest absolute Gasteiger partial charge is 0.455 e. The zero-order chi connectivity index (χ0) is 17.4. The Balaban J connectivity index is 1.96. The van der Waals surface area contributed by atoms with Gasteiger partial charge in [-0.25, -0.2) is 0 Å². The first-order valence-electron chi connectivity index (χ1n) is 7.00. The first-order chi connectivity index (χ1) is 11.6. The lowest BCUT2D eigenvalue weighted by atomic mass is 10.1. The first-order valence-corrected chi connectivity index (χ1v) is 7.41. The minimum absolute atomic E-state index is 0.00765. The van der Waals surface area contributed by atoms with E-state index in [4.69, 9.17) is 21.4 Å². The number of ether oxygens (including phenoxy) is 1. The van der Waals surface area contributed by atoms with Crippen molar-refractivity contribution in [1.29, 1.82) is 0 Å². The fourth-order valence-corrected chi connectivity index (χ4v) is 1.97. The highest BCUT2D eigenvalue weighted by molar-refractivity contribution is 7.80. The van der Waals surface area contributed by atoms with E-state index in [-0.39, 0.29) is 5.69 Å². The zero-order valence-corrected chi connectivity index (χ0v) is 13.7. The molecule has 0 fully saturated rings. The Morgan fingerprint density at radius 2 is 2.29 bits per heavy atom. The summed E-state index contributed by atoms with van der Waals surface area (Å²) in [7, 11) is 1.60. The summed E-state index contributed by atoms with van der Waals surface area (Å²) in [6.45, 7) is 1.12. The third-order valence-electron chi connectivity index (χ3n) is 2.92. The van der Waals surface area contributed by atoms with Crippen molar-refractivity contribution in [1.82, 2.24) is 10.7 Å². The molecule has 0 spiro atoms. The van der Waals surface area contributed by atoms with Gasteiger partial charge in [0.05, 0.1) is 17.7 Å². The Kier molecular flexibility index (Phi) is 6.41. The molecule has 2 rings (SSSR count). The van der Waals surface area contributed by atoms with Crippen molar-refractivity contribution in [2.24, 2.45) is 5.10 Å². The van der Waals surface area contributed by atoms with E-state index in [1.165, 1.54) is 18.3 Å². The van der Waals surface area contributed by atoms with Gasteiger partial charge in [-0.15, -0.1) is 0 Å². The van der Waals surface area contributed by atoms with Crippen LogP contribution in [-0.4, -0.2) is 36.5 Å². The predicted octanol–water partition coefficient (Wildman–Crippen LogP) is 2.30. The van der Waals surface area contributed by atoms with Gasteiger partial charge >= 0.3 is 0 Å². The number of hydrazone groups is 1. The SMILES string of the molecule is COCCNC(=S)N/N=C\c1ccc(-c2cccc([N+](=O)[O-])c2)o1. The van der Waals surface area contributed by atoms with Crippen molar-refractivity contribution in [2.75, 3.05) is 20.3 Å². The molecule has 0 atom stereocenters. The minimum Gasteiger partial charge on any atom is -0.455 e. The second kappa shape index (κ2) is 8.75. The number of nitro benzene ring substituents is 1. The number of methoxy groups -OCH3 is 1. The van der Waals surface area contributed by atoms with Gasteiger partial charge < -0.3 is 14.5 Å². The van der Waals surface area contributed by atoms with Crippen LogP contribution in [0, 0.1) is 10.1 Å². The number of thiocarbonyl (C=S) groups is 1. The van der Waals surface area contributed by atoms with Crippen LogP contribution >= 0.6 is 12.2 Å². The van der Waals surface area contributed by atoms with Crippen LogP contribution in [0.5, 0.6) is 0 Å². The lowest BCUT2D eigenvalue weighted by Gasteiger charge is -2.05. The smallest absolute Gasteiger partial charge is 0.270 e. The van der Waals surface area contributed by atoms with Gasteiger partial charge in [-0.2, -0.15) is 5.10 Å². The fraction of sp³-hybridized carbons (Fsp3) is 0.200. The topological polar surface area (TPSA) is 102 Å². The summed E-state index contributed by atoms with van der Waals surface area (Å²) >= 11 is 5.02. The highest BCUT2D eigenvalue weighted by atomic mass is 32.1. The van der Waals surface area contributed by atoms with Crippen molar-refractivity contribution >= 4 is 29.2 Å². The molecule has 2 N–H and O–H groups in total. The lowest BCUT2D eigenvalue weighted by Crippen LogP contribution is -2.34. The Morgan fingerprint density at radius 1 is 1.46 bits per heavy atom. The molecule has 1 aromatic heterocycles. The average molecular weight is 348 g/mol. The van der Waals surface area contributed by atoms with Crippen LogP contribution in [0.15, 0.2) is 45.9 Å². The molecule has 0 aliphatic carbocycles. The Hall–Kier alpha value is -2.78. The molecule has 0 unspecified atom stereocenters. The minimum atomic E-state index is -0.448. The summed E-state index contributed by atoms with van der Waals surface area (Å²) in [5, 5.41) is 18.0. The number of furan rings is 1. The number of benzene rings is 1. The molecular formula is C15H16N4O4S. The second-order valence-electron chi connectivity index (χ2n) is 4.63. The molecule has 0 radical (unpaired) electrons. The summed E-state index contributed by atoms with van der Waals surface area (Å²) in [6, 6.07) is 9.65. The van der Waals surface area contributed by atoms with Crippen molar-refractivity contribution in [3.63, 3.8) is 0 Å². The van der Waals surface area contributed by atoms with Crippen LogP contribution < -0.4 is 10.7 Å². The number of hydrogen-bond donors (Lipinski definition) is 2. The van der Waals surface area contributed by atoms with Gasteiger partial charge in [-0.05, 0) is 24.4 Å². The van der Waals surface area contributed by atoms with E-state index in [9.17, 15) is 10.1 Å². The molecule has 0 bridgehead atoms. The molecule has 126 valence electrons. The zero-order valence-electron chi connectivity index (χ0n) is 12.9. The summed E-state index contributed by atoms with van der Waals surface area (Å²) in [5.74, 6) is 1.00. The Bertz CT molecular complexity index is 745. The summed E-state index contributed by atoms with van der Waals surface area (Å²) in [6.07, 6.45) is 1.46. The van der Waals surface area contributed by atoms with E-state index >= 15 is 0 Å². The predicted molar refractivity (Wildman–Crippen MR) is 94.0 cm³/mol. The van der Waals surface area contributed by atoms with Crippen molar-refractivity contribution in [3.05, 3.63) is 52.3 Å². The molecule has 0 saturated heterocycles. The van der Waals surface area contributed by atoms with E-state index < -0.39 is 4.92 Å². The van der Waals surface area contributed by atoms with Crippen LogP contribution in [0.1, 0.15) is 5.76 Å². The van der Waals surface area contributed by atoms with Gasteiger partial charge in [-0.1, -0.05) is 12.1 Å².